The molecule has 0 fully saturated rings. The van der Waals surface area contributed by atoms with Crippen LogP contribution in [0.1, 0.15) is 5.56 Å². The second-order valence-corrected chi connectivity index (χ2v) is 3.51. The molecule has 0 aliphatic carbocycles. The summed E-state index contributed by atoms with van der Waals surface area (Å²) in [5.74, 6) is 1.31. The lowest BCUT2D eigenvalue weighted by atomic mass is 10.2. The SMILES string of the molecule is N#Cc1cccc(Oc2ccc(N=CN)cc2)c1. The zero-order valence-corrected chi connectivity index (χ0v) is 9.58. The Morgan fingerprint density at radius 1 is 1.11 bits per heavy atom. The van der Waals surface area contributed by atoms with Crippen LogP contribution in [0.4, 0.5) is 5.69 Å². The van der Waals surface area contributed by atoms with Crippen molar-refractivity contribution in [2.75, 3.05) is 0 Å². The third-order valence-corrected chi connectivity index (χ3v) is 2.26. The van der Waals surface area contributed by atoms with Crippen molar-refractivity contribution < 1.29 is 4.74 Å². The van der Waals surface area contributed by atoms with E-state index < -0.39 is 0 Å². The summed E-state index contributed by atoms with van der Waals surface area (Å²) in [6.07, 6.45) is 1.24. The molecule has 18 heavy (non-hydrogen) atoms. The second-order valence-electron chi connectivity index (χ2n) is 3.51. The molecule has 0 spiro atoms. The van der Waals surface area contributed by atoms with Crippen LogP contribution >= 0.6 is 0 Å². The summed E-state index contributed by atoms with van der Waals surface area (Å²) in [7, 11) is 0. The first-order valence-electron chi connectivity index (χ1n) is 5.34. The molecule has 0 aliphatic rings. The van der Waals surface area contributed by atoms with Crippen LogP contribution in [0, 0.1) is 11.3 Å². The standard InChI is InChI=1S/C14H11N3O/c15-9-11-2-1-3-14(8-11)18-13-6-4-12(5-7-13)17-10-16/h1-8,10H,(H2,16,17). The summed E-state index contributed by atoms with van der Waals surface area (Å²) in [5.41, 5.74) is 6.53. The fourth-order valence-corrected chi connectivity index (χ4v) is 1.45. The molecule has 4 heteroatoms. The smallest absolute Gasteiger partial charge is 0.128 e. The lowest BCUT2D eigenvalue weighted by molar-refractivity contribution is 0.482. The Balaban J connectivity index is 2.16. The largest absolute Gasteiger partial charge is 0.457 e. The molecule has 0 amide bonds. The van der Waals surface area contributed by atoms with Crippen LogP contribution in [-0.2, 0) is 0 Å². The van der Waals surface area contributed by atoms with Gasteiger partial charge in [-0.15, -0.1) is 0 Å². The number of aliphatic imine (C=N–C) groups is 1. The molecule has 0 saturated heterocycles. The summed E-state index contributed by atoms with van der Waals surface area (Å²) in [4.78, 5) is 3.94. The molecule has 0 radical (unpaired) electrons. The van der Waals surface area contributed by atoms with E-state index in [0.717, 1.165) is 5.69 Å². The van der Waals surface area contributed by atoms with Gasteiger partial charge in [-0.3, -0.25) is 0 Å². The van der Waals surface area contributed by atoms with Crippen LogP contribution in [0.3, 0.4) is 0 Å². The minimum atomic E-state index is 0.567. The fraction of sp³-hybridized carbons (Fsp3) is 0. The van der Waals surface area contributed by atoms with E-state index in [0.29, 0.717) is 17.1 Å². The van der Waals surface area contributed by atoms with Crippen molar-refractivity contribution in [3.8, 4) is 17.6 Å². The van der Waals surface area contributed by atoms with Gasteiger partial charge in [-0.2, -0.15) is 5.26 Å². The highest BCUT2D eigenvalue weighted by Gasteiger charge is 1.98. The zero-order chi connectivity index (χ0) is 12.8. The van der Waals surface area contributed by atoms with E-state index in [4.69, 9.17) is 15.7 Å². The van der Waals surface area contributed by atoms with Crippen molar-refractivity contribution in [1.82, 2.24) is 0 Å². The third-order valence-electron chi connectivity index (χ3n) is 2.26. The predicted octanol–water partition coefficient (Wildman–Crippen LogP) is 2.97. The van der Waals surface area contributed by atoms with E-state index in [1.807, 2.05) is 0 Å². The second kappa shape index (κ2) is 5.51. The van der Waals surface area contributed by atoms with Crippen LogP contribution in [0.15, 0.2) is 53.5 Å². The van der Waals surface area contributed by atoms with Crippen LogP contribution in [-0.4, -0.2) is 6.34 Å². The molecular formula is C14H11N3O. The lowest BCUT2D eigenvalue weighted by Gasteiger charge is -2.05. The molecule has 0 saturated carbocycles. The average Bonchev–Trinajstić information content (AvgIpc) is 2.42. The molecule has 0 heterocycles. The Morgan fingerprint density at radius 3 is 2.56 bits per heavy atom. The van der Waals surface area contributed by atoms with Gasteiger partial charge in [0.2, 0.25) is 0 Å². The average molecular weight is 237 g/mol. The molecule has 0 bridgehead atoms. The Hall–Kier alpha value is -2.80. The van der Waals surface area contributed by atoms with Crippen molar-refractivity contribution in [3.05, 3.63) is 54.1 Å². The number of nitrogens with two attached hydrogens (primary N) is 1. The van der Waals surface area contributed by atoms with E-state index in [1.165, 1.54) is 6.34 Å². The number of hydrogen-bond donors (Lipinski definition) is 1. The first-order valence-corrected chi connectivity index (χ1v) is 5.34. The normalized spacial score (nSPS) is 10.2. The van der Waals surface area contributed by atoms with Crippen LogP contribution < -0.4 is 10.5 Å². The molecule has 0 aromatic heterocycles. The highest BCUT2D eigenvalue weighted by Crippen LogP contribution is 2.24. The number of hydrogen-bond acceptors (Lipinski definition) is 3. The van der Waals surface area contributed by atoms with Crippen molar-refractivity contribution in [2.24, 2.45) is 10.7 Å². The summed E-state index contributed by atoms with van der Waals surface area (Å²) in [5, 5.41) is 8.79. The van der Waals surface area contributed by atoms with Crippen molar-refractivity contribution >= 4 is 12.0 Å². The van der Waals surface area contributed by atoms with E-state index in [9.17, 15) is 0 Å². The Labute approximate surface area is 105 Å². The highest BCUT2D eigenvalue weighted by molar-refractivity contribution is 5.59. The van der Waals surface area contributed by atoms with Gasteiger partial charge in [0, 0.05) is 0 Å². The van der Waals surface area contributed by atoms with Crippen LogP contribution in [0.5, 0.6) is 11.5 Å². The first-order chi connectivity index (χ1) is 8.81. The maximum Gasteiger partial charge on any atom is 0.128 e. The van der Waals surface area contributed by atoms with Gasteiger partial charge in [0.25, 0.3) is 0 Å². The molecule has 88 valence electrons. The quantitative estimate of drug-likeness (QED) is 0.659. The van der Waals surface area contributed by atoms with Gasteiger partial charge >= 0.3 is 0 Å². The van der Waals surface area contributed by atoms with Crippen LogP contribution in [0.25, 0.3) is 0 Å². The number of rotatable bonds is 3. The predicted molar refractivity (Wildman–Crippen MR) is 70.0 cm³/mol. The van der Waals surface area contributed by atoms with Crippen molar-refractivity contribution in [3.63, 3.8) is 0 Å². The molecule has 2 aromatic carbocycles. The van der Waals surface area contributed by atoms with Crippen molar-refractivity contribution in [2.45, 2.75) is 0 Å². The van der Waals surface area contributed by atoms with E-state index in [1.54, 1.807) is 48.5 Å². The minimum Gasteiger partial charge on any atom is -0.457 e. The molecule has 0 atom stereocenters. The van der Waals surface area contributed by atoms with Gasteiger partial charge in [0.1, 0.15) is 11.5 Å². The minimum absolute atomic E-state index is 0.567. The van der Waals surface area contributed by atoms with E-state index in [-0.39, 0.29) is 0 Å². The molecule has 0 aliphatic heterocycles. The van der Waals surface area contributed by atoms with Gasteiger partial charge in [-0.1, -0.05) is 6.07 Å². The number of nitrogens with zero attached hydrogens (tertiary/aromatic N) is 2. The summed E-state index contributed by atoms with van der Waals surface area (Å²) >= 11 is 0. The van der Waals surface area contributed by atoms with Gasteiger partial charge < -0.3 is 10.5 Å². The number of ether oxygens (including phenoxy) is 1. The van der Waals surface area contributed by atoms with Gasteiger partial charge in [0.15, 0.2) is 0 Å². The monoisotopic (exact) mass is 237 g/mol. The molecular weight excluding hydrogens is 226 g/mol. The zero-order valence-electron chi connectivity index (χ0n) is 9.58. The van der Waals surface area contributed by atoms with Gasteiger partial charge in [0.05, 0.1) is 23.7 Å². The summed E-state index contributed by atoms with van der Waals surface area (Å²) in [6.45, 7) is 0. The van der Waals surface area contributed by atoms with Gasteiger partial charge in [-0.25, -0.2) is 4.99 Å². The number of nitriles is 1. The topological polar surface area (TPSA) is 71.4 Å². The lowest BCUT2D eigenvalue weighted by Crippen LogP contribution is -1.87. The third kappa shape index (κ3) is 2.86. The maximum absolute atomic E-state index is 8.79. The fourth-order valence-electron chi connectivity index (χ4n) is 1.45. The Kier molecular flexibility index (Phi) is 3.57. The Bertz CT molecular complexity index is 597. The first kappa shape index (κ1) is 11.7. The molecule has 4 nitrogen and oxygen atoms in total. The van der Waals surface area contributed by atoms with E-state index in [2.05, 4.69) is 11.1 Å². The highest BCUT2D eigenvalue weighted by atomic mass is 16.5. The summed E-state index contributed by atoms with van der Waals surface area (Å²) in [6, 6.07) is 16.2. The summed E-state index contributed by atoms with van der Waals surface area (Å²) < 4.78 is 5.62. The van der Waals surface area contributed by atoms with Crippen LogP contribution in [0.2, 0.25) is 0 Å². The molecule has 2 rings (SSSR count). The van der Waals surface area contributed by atoms with E-state index >= 15 is 0 Å². The molecule has 2 N–H and O–H groups in total. The molecule has 0 unspecified atom stereocenters. The molecule has 2 aromatic rings. The number of benzene rings is 2. The van der Waals surface area contributed by atoms with Crippen molar-refractivity contribution in [1.29, 1.82) is 5.26 Å². The Morgan fingerprint density at radius 2 is 1.89 bits per heavy atom. The van der Waals surface area contributed by atoms with Gasteiger partial charge in [-0.05, 0) is 42.5 Å². The maximum atomic E-state index is 8.79.